The number of ether oxygens (including phenoxy) is 1. The van der Waals surface area contributed by atoms with Crippen molar-refractivity contribution in [3.8, 4) is 0 Å². The molecule has 0 bridgehead atoms. The zero-order valence-corrected chi connectivity index (χ0v) is 17.5. The van der Waals surface area contributed by atoms with E-state index in [2.05, 4.69) is 43.2 Å². The van der Waals surface area contributed by atoms with Crippen LogP contribution in [0.25, 0.3) is 0 Å². The molecule has 1 aromatic heterocycles. The van der Waals surface area contributed by atoms with Gasteiger partial charge in [0.25, 0.3) is 0 Å². The van der Waals surface area contributed by atoms with E-state index >= 15 is 0 Å². The monoisotopic (exact) mass is 378 g/mol. The molecule has 2 rings (SSSR count). The van der Waals surface area contributed by atoms with E-state index in [0.29, 0.717) is 12.1 Å². The fraction of sp³-hybridized carbons (Fsp3) is 0.762. The third-order valence-corrected chi connectivity index (χ3v) is 4.93. The quantitative estimate of drug-likeness (QED) is 0.352. The summed E-state index contributed by atoms with van der Waals surface area (Å²) in [5.74, 6) is 1.86. The van der Waals surface area contributed by atoms with Crippen LogP contribution in [0, 0.1) is 0 Å². The van der Waals surface area contributed by atoms with Crippen LogP contribution >= 0.6 is 0 Å². The standard InChI is InChI=1S/C21H38N4O2/c1-17(2)25(18(3)4)13-7-11-22-21(24-16-20-9-6-15-27-20)23-12-10-19-8-5-14-26-19/h5,8,14,17-18,20H,6-7,9-13,15-16H2,1-4H3,(H2,22,23,24). The zero-order chi connectivity index (χ0) is 19.5. The van der Waals surface area contributed by atoms with Crippen molar-refractivity contribution in [3.05, 3.63) is 24.2 Å². The second-order valence-electron chi connectivity index (χ2n) is 7.79. The largest absolute Gasteiger partial charge is 0.469 e. The fourth-order valence-electron chi connectivity index (χ4n) is 3.50. The van der Waals surface area contributed by atoms with E-state index in [9.17, 15) is 0 Å². The number of rotatable bonds is 11. The number of hydrogen-bond donors (Lipinski definition) is 2. The molecule has 1 fully saturated rings. The van der Waals surface area contributed by atoms with E-state index in [1.54, 1.807) is 6.26 Å². The Morgan fingerprint density at radius 1 is 1.22 bits per heavy atom. The maximum Gasteiger partial charge on any atom is 0.191 e. The first-order valence-corrected chi connectivity index (χ1v) is 10.5. The minimum Gasteiger partial charge on any atom is -0.469 e. The maximum atomic E-state index is 5.69. The molecule has 0 saturated carbocycles. The Bertz CT molecular complexity index is 514. The number of hydrogen-bond acceptors (Lipinski definition) is 4. The van der Waals surface area contributed by atoms with Crippen molar-refractivity contribution in [1.82, 2.24) is 15.5 Å². The average Bonchev–Trinajstić information content (AvgIpc) is 3.32. The Morgan fingerprint density at radius 2 is 2.00 bits per heavy atom. The van der Waals surface area contributed by atoms with Crippen molar-refractivity contribution < 1.29 is 9.15 Å². The lowest BCUT2D eigenvalue weighted by atomic mass is 10.2. The Hall–Kier alpha value is -1.53. The first-order chi connectivity index (χ1) is 13.1. The van der Waals surface area contributed by atoms with Crippen LogP contribution in [0.2, 0.25) is 0 Å². The van der Waals surface area contributed by atoms with Crippen molar-refractivity contribution in [3.63, 3.8) is 0 Å². The van der Waals surface area contributed by atoms with Crippen LogP contribution in [0.15, 0.2) is 27.8 Å². The number of nitrogens with zero attached hydrogens (tertiary/aromatic N) is 2. The summed E-state index contributed by atoms with van der Waals surface area (Å²) >= 11 is 0. The predicted octanol–water partition coefficient (Wildman–Crippen LogP) is 3.05. The van der Waals surface area contributed by atoms with Crippen molar-refractivity contribution in [2.24, 2.45) is 4.99 Å². The summed E-state index contributed by atoms with van der Waals surface area (Å²) in [4.78, 5) is 7.26. The van der Waals surface area contributed by atoms with Crippen LogP contribution in [0.5, 0.6) is 0 Å². The molecule has 1 aliphatic heterocycles. The molecule has 0 radical (unpaired) electrons. The van der Waals surface area contributed by atoms with E-state index in [4.69, 9.17) is 14.1 Å². The molecule has 1 unspecified atom stereocenters. The molecular formula is C21H38N4O2. The van der Waals surface area contributed by atoms with Gasteiger partial charge in [0.15, 0.2) is 5.96 Å². The first-order valence-electron chi connectivity index (χ1n) is 10.5. The van der Waals surface area contributed by atoms with Gasteiger partial charge in [0.05, 0.1) is 18.9 Å². The molecule has 1 aliphatic rings. The molecule has 154 valence electrons. The molecule has 27 heavy (non-hydrogen) atoms. The summed E-state index contributed by atoms with van der Waals surface area (Å²) in [7, 11) is 0. The number of nitrogens with one attached hydrogen (secondary N) is 2. The topological polar surface area (TPSA) is 62.0 Å². The van der Waals surface area contributed by atoms with Gasteiger partial charge >= 0.3 is 0 Å². The number of furan rings is 1. The lowest BCUT2D eigenvalue weighted by Gasteiger charge is -2.30. The zero-order valence-electron chi connectivity index (χ0n) is 17.5. The Kier molecular flexibility index (Phi) is 9.70. The smallest absolute Gasteiger partial charge is 0.191 e. The Balaban J connectivity index is 1.76. The summed E-state index contributed by atoms with van der Waals surface area (Å²) in [5.41, 5.74) is 0. The number of aliphatic imine (C=N–C) groups is 1. The van der Waals surface area contributed by atoms with Crippen LogP contribution in [-0.2, 0) is 11.2 Å². The molecule has 1 atom stereocenters. The van der Waals surface area contributed by atoms with Crippen LogP contribution in [-0.4, -0.2) is 61.8 Å². The SMILES string of the molecule is CC(C)N(CCCNC(=NCC1CCCO1)NCCc1ccco1)C(C)C. The molecule has 0 spiro atoms. The third kappa shape index (κ3) is 8.35. The van der Waals surface area contributed by atoms with E-state index in [-0.39, 0.29) is 6.10 Å². The molecule has 0 amide bonds. The summed E-state index contributed by atoms with van der Waals surface area (Å²) in [5, 5.41) is 6.91. The molecule has 2 heterocycles. The van der Waals surface area contributed by atoms with Gasteiger partial charge in [-0.1, -0.05) is 0 Å². The molecule has 1 saturated heterocycles. The highest BCUT2D eigenvalue weighted by molar-refractivity contribution is 5.79. The van der Waals surface area contributed by atoms with Gasteiger partial charge in [0.2, 0.25) is 0 Å². The van der Waals surface area contributed by atoms with Crippen LogP contribution < -0.4 is 10.6 Å². The van der Waals surface area contributed by atoms with Gasteiger partial charge in [-0.15, -0.1) is 0 Å². The van der Waals surface area contributed by atoms with Gasteiger partial charge in [0, 0.05) is 44.7 Å². The molecule has 2 N–H and O–H groups in total. The highest BCUT2D eigenvalue weighted by Crippen LogP contribution is 2.11. The highest BCUT2D eigenvalue weighted by atomic mass is 16.5. The van der Waals surface area contributed by atoms with Gasteiger partial charge in [0.1, 0.15) is 5.76 Å². The van der Waals surface area contributed by atoms with Crippen molar-refractivity contribution >= 4 is 5.96 Å². The van der Waals surface area contributed by atoms with Crippen molar-refractivity contribution in [1.29, 1.82) is 0 Å². The molecule has 0 aromatic carbocycles. The first kappa shape index (κ1) is 21.8. The molecule has 0 aliphatic carbocycles. The average molecular weight is 379 g/mol. The van der Waals surface area contributed by atoms with Crippen LogP contribution in [0.3, 0.4) is 0 Å². The van der Waals surface area contributed by atoms with Crippen LogP contribution in [0.4, 0.5) is 0 Å². The minimum absolute atomic E-state index is 0.269. The highest BCUT2D eigenvalue weighted by Gasteiger charge is 2.15. The molecule has 1 aromatic rings. The second-order valence-corrected chi connectivity index (χ2v) is 7.79. The lowest BCUT2D eigenvalue weighted by Crippen LogP contribution is -2.42. The summed E-state index contributed by atoms with van der Waals surface area (Å²) in [6, 6.07) is 5.08. The predicted molar refractivity (Wildman–Crippen MR) is 111 cm³/mol. The summed E-state index contributed by atoms with van der Waals surface area (Å²) in [6.45, 7) is 13.4. The van der Waals surface area contributed by atoms with E-state index in [1.165, 1.54) is 0 Å². The third-order valence-electron chi connectivity index (χ3n) is 4.93. The minimum atomic E-state index is 0.269. The second kappa shape index (κ2) is 12.0. The Labute approximate surface area is 164 Å². The lowest BCUT2D eigenvalue weighted by molar-refractivity contribution is 0.117. The summed E-state index contributed by atoms with van der Waals surface area (Å²) in [6.07, 6.45) is 6.19. The van der Waals surface area contributed by atoms with E-state index < -0.39 is 0 Å². The van der Waals surface area contributed by atoms with E-state index in [1.807, 2.05) is 12.1 Å². The van der Waals surface area contributed by atoms with Crippen molar-refractivity contribution in [2.45, 2.75) is 71.6 Å². The van der Waals surface area contributed by atoms with Gasteiger partial charge in [-0.25, -0.2) is 0 Å². The normalized spacial score (nSPS) is 18.0. The fourth-order valence-corrected chi connectivity index (χ4v) is 3.50. The molecule has 6 nitrogen and oxygen atoms in total. The maximum absolute atomic E-state index is 5.69. The summed E-state index contributed by atoms with van der Waals surface area (Å²) < 4.78 is 11.1. The van der Waals surface area contributed by atoms with Crippen LogP contribution in [0.1, 0.15) is 52.7 Å². The molecule has 6 heteroatoms. The van der Waals surface area contributed by atoms with E-state index in [0.717, 1.165) is 70.2 Å². The van der Waals surface area contributed by atoms with Gasteiger partial charge in [-0.2, -0.15) is 0 Å². The Morgan fingerprint density at radius 3 is 2.63 bits per heavy atom. The molecular weight excluding hydrogens is 340 g/mol. The van der Waals surface area contributed by atoms with Gasteiger partial charge in [-0.05, 0) is 59.1 Å². The van der Waals surface area contributed by atoms with Crippen molar-refractivity contribution in [2.75, 3.05) is 32.8 Å². The van der Waals surface area contributed by atoms with Gasteiger partial charge in [-0.3, -0.25) is 9.89 Å². The number of guanidine groups is 1. The van der Waals surface area contributed by atoms with Gasteiger partial charge < -0.3 is 19.8 Å².